The quantitative estimate of drug-likeness (QED) is 0.861. The van der Waals surface area contributed by atoms with Gasteiger partial charge in [-0.2, -0.15) is 0 Å². The average molecular weight is 333 g/mol. The van der Waals surface area contributed by atoms with Crippen LogP contribution in [0.5, 0.6) is 5.75 Å². The zero-order valence-electron chi connectivity index (χ0n) is 12.7. The first kappa shape index (κ1) is 16.0. The van der Waals surface area contributed by atoms with Crippen LogP contribution in [0.25, 0.3) is 0 Å². The van der Waals surface area contributed by atoms with Crippen molar-refractivity contribution >= 4 is 9.84 Å². The Morgan fingerprint density at radius 2 is 1.74 bits per heavy atom. The van der Waals surface area contributed by atoms with E-state index in [2.05, 4.69) is 0 Å². The maximum absolute atomic E-state index is 12.9. The van der Waals surface area contributed by atoms with Crippen molar-refractivity contribution in [2.45, 2.75) is 21.6 Å². The van der Waals surface area contributed by atoms with Gasteiger partial charge in [0.25, 0.3) is 0 Å². The minimum Gasteiger partial charge on any atom is -0.497 e. The Hall–Kier alpha value is -1.89. The summed E-state index contributed by atoms with van der Waals surface area (Å²) in [7, 11) is -2.05. The molecule has 0 heterocycles. The van der Waals surface area contributed by atoms with Gasteiger partial charge in [0.1, 0.15) is 5.75 Å². The zero-order chi connectivity index (χ0) is 16.7. The Morgan fingerprint density at radius 1 is 1.13 bits per heavy atom. The molecule has 0 amide bonds. The number of rotatable bonds is 5. The molecule has 2 aromatic rings. The summed E-state index contributed by atoms with van der Waals surface area (Å²) in [4.78, 5) is 0.226. The van der Waals surface area contributed by atoms with Gasteiger partial charge in [-0.15, -0.1) is 0 Å². The number of sulfone groups is 1. The van der Waals surface area contributed by atoms with Crippen LogP contribution < -0.4 is 10.5 Å². The van der Waals surface area contributed by atoms with E-state index < -0.39 is 26.5 Å². The van der Waals surface area contributed by atoms with E-state index in [0.717, 1.165) is 5.56 Å². The van der Waals surface area contributed by atoms with E-state index in [4.69, 9.17) is 10.5 Å². The van der Waals surface area contributed by atoms with Crippen LogP contribution in [0.15, 0.2) is 59.5 Å². The van der Waals surface area contributed by atoms with E-state index in [9.17, 15) is 13.5 Å². The fourth-order valence-electron chi connectivity index (χ4n) is 3.13. The number of hydrogen-bond acceptors (Lipinski definition) is 5. The van der Waals surface area contributed by atoms with Crippen molar-refractivity contribution in [1.82, 2.24) is 0 Å². The lowest BCUT2D eigenvalue weighted by molar-refractivity contribution is 0.253. The lowest BCUT2D eigenvalue weighted by Gasteiger charge is -2.08. The van der Waals surface area contributed by atoms with Crippen LogP contribution in [0, 0.1) is 0 Å². The molecule has 3 N–H and O–H groups in total. The summed E-state index contributed by atoms with van der Waals surface area (Å²) in [5.74, 6) is 0.243. The van der Waals surface area contributed by atoms with Crippen molar-refractivity contribution in [3.63, 3.8) is 0 Å². The summed E-state index contributed by atoms with van der Waals surface area (Å²) in [5.41, 5.74) is 5.82. The number of nitrogens with two attached hydrogens (primary N) is 1. The number of aliphatic hydroxyl groups is 1. The maximum atomic E-state index is 12.9. The normalized spacial score (nSPS) is 26.7. The van der Waals surface area contributed by atoms with Gasteiger partial charge in [-0.05, 0) is 29.8 Å². The van der Waals surface area contributed by atoms with E-state index in [0.29, 0.717) is 5.75 Å². The van der Waals surface area contributed by atoms with Crippen LogP contribution >= 0.6 is 0 Å². The molecule has 1 saturated carbocycles. The number of methoxy groups -OCH3 is 1. The van der Waals surface area contributed by atoms with Crippen molar-refractivity contribution < 1.29 is 18.3 Å². The minimum absolute atomic E-state index is 0.226. The summed E-state index contributed by atoms with van der Waals surface area (Å²) in [6, 6.07) is 15.3. The SMILES string of the molecule is COc1ccc([C@@H]2[C@H](S(=O)(=O)c3ccccc3)[C@]2(N)CO)cc1. The third-order valence-electron chi connectivity index (χ3n) is 4.46. The topological polar surface area (TPSA) is 89.6 Å². The third-order valence-corrected chi connectivity index (χ3v) is 6.77. The first-order valence-electron chi connectivity index (χ1n) is 7.28. The first-order valence-corrected chi connectivity index (χ1v) is 8.82. The highest BCUT2D eigenvalue weighted by atomic mass is 32.2. The van der Waals surface area contributed by atoms with Gasteiger partial charge in [-0.1, -0.05) is 30.3 Å². The minimum atomic E-state index is -3.61. The number of hydrogen-bond donors (Lipinski definition) is 2. The van der Waals surface area contributed by atoms with Gasteiger partial charge in [-0.3, -0.25) is 0 Å². The second-order valence-electron chi connectivity index (χ2n) is 5.80. The third kappa shape index (κ3) is 2.52. The summed E-state index contributed by atoms with van der Waals surface area (Å²) in [6.07, 6.45) is 0. The van der Waals surface area contributed by atoms with Crippen molar-refractivity contribution in [3.05, 3.63) is 60.2 Å². The molecule has 1 aliphatic rings. The molecule has 2 aromatic carbocycles. The Morgan fingerprint density at radius 3 is 2.26 bits per heavy atom. The molecule has 0 unspecified atom stereocenters. The van der Waals surface area contributed by atoms with E-state index in [1.807, 2.05) is 0 Å². The second-order valence-corrected chi connectivity index (χ2v) is 7.87. The molecule has 6 heteroatoms. The molecule has 0 bridgehead atoms. The molecule has 1 aliphatic carbocycles. The van der Waals surface area contributed by atoms with Gasteiger partial charge in [0, 0.05) is 5.92 Å². The molecule has 3 atom stereocenters. The summed E-state index contributed by atoms with van der Waals surface area (Å²) in [5, 5.41) is 8.83. The van der Waals surface area contributed by atoms with Gasteiger partial charge >= 0.3 is 0 Å². The lowest BCUT2D eigenvalue weighted by Crippen LogP contribution is -2.35. The van der Waals surface area contributed by atoms with E-state index in [1.54, 1.807) is 61.7 Å². The molecule has 0 radical (unpaired) electrons. The van der Waals surface area contributed by atoms with Crippen molar-refractivity contribution in [2.75, 3.05) is 13.7 Å². The Bertz CT molecular complexity index is 789. The summed E-state index contributed by atoms with van der Waals surface area (Å²) >= 11 is 0. The molecule has 23 heavy (non-hydrogen) atoms. The number of aliphatic hydroxyl groups excluding tert-OH is 1. The van der Waals surface area contributed by atoms with Gasteiger partial charge in [0.2, 0.25) is 0 Å². The molecule has 5 nitrogen and oxygen atoms in total. The summed E-state index contributed by atoms with van der Waals surface area (Å²) in [6.45, 7) is -0.388. The van der Waals surface area contributed by atoms with Crippen LogP contribution in [-0.4, -0.2) is 38.0 Å². The second kappa shape index (κ2) is 5.63. The van der Waals surface area contributed by atoms with Crippen molar-refractivity contribution in [3.8, 4) is 5.75 Å². The average Bonchev–Trinajstić information content (AvgIpc) is 3.23. The van der Waals surface area contributed by atoms with Crippen LogP contribution in [0.4, 0.5) is 0 Å². The fraction of sp³-hybridized carbons (Fsp3) is 0.294. The van der Waals surface area contributed by atoms with E-state index >= 15 is 0 Å². The molecular weight excluding hydrogens is 314 g/mol. The molecular formula is C17H19NO4S. The molecule has 3 rings (SSSR count). The smallest absolute Gasteiger partial charge is 0.183 e. The molecule has 1 fully saturated rings. The largest absolute Gasteiger partial charge is 0.497 e. The van der Waals surface area contributed by atoms with Crippen LogP contribution in [0.3, 0.4) is 0 Å². The highest BCUT2D eigenvalue weighted by Gasteiger charge is 2.69. The molecule has 0 aromatic heterocycles. The van der Waals surface area contributed by atoms with Crippen molar-refractivity contribution in [2.24, 2.45) is 5.73 Å². The maximum Gasteiger partial charge on any atom is 0.183 e. The zero-order valence-corrected chi connectivity index (χ0v) is 13.5. The molecule has 0 spiro atoms. The Balaban J connectivity index is 1.98. The highest BCUT2D eigenvalue weighted by Crippen LogP contribution is 2.55. The van der Waals surface area contributed by atoms with E-state index in [1.165, 1.54) is 0 Å². The van der Waals surface area contributed by atoms with Gasteiger partial charge < -0.3 is 15.6 Å². The monoisotopic (exact) mass is 333 g/mol. The highest BCUT2D eigenvalue weighted by molar-refractivity contribution is 7.92. The van der Waals surface area contributed by atoms with Crippen LogP contribution in [0.1, 0.15) is 11.5 Å². The van der Waals surface area contributed by atoms with Gasteiger partial charge in [-0.25, -0.2) is 8.42 Å². The molecule has 122 valence electrons. The van der Waals surface area contributed by atoms with E-state index in [-0.39, 0.29) is 11.5 Å². The Kier molecular flexibility index (Phi) is 3.91. The first-order chi connectivity index (χ1) is 10.9. The van der Waals surface area contributed by atoms with Crippen LogP contribution in [-0.2, 0) is 9.84 Å². The fourth-order valence-corrected chi connectivity index (χ4v) is 5.45. The molecule has 0 saturated heterocycles. The predicted molar refractivity (Wildman–Crippen MR) is 87.2 cm³/mol. The van der Waals surface area contributed by atoms with Crippen molar-refractivity contribution in [1.29, 1.82) is 0 Å². The predicted octanol–water partition coefficient (Wildman–Crippen LogP) is 1.32. The number of benzene rings is 2. The van der Waals surface area contributed by atoms with Crippen LogP contribution in [0.2, 0.25) is 0 Å². The summed E-state index contributed by atoms with van der Waals surface area (Å²) < 4.78 is 30.8. The Labute approximate surface area is 135 Å². The van der Waals surface area contributed by atoms with Gasteiger partial charge in [0.05, 0.1) is 29.4 Å². The molecule has 0 aliphatic heterocycles. The standard InChI is InChI=1S/C17H19NO4S/c1-22-13-9-7-12(8-10-13)15-16(17(15,18)11-19)23(20,21)14-5-3-2-4-6-14/h2-10,15-16,19H,11,18H2,1H3/t15-,16+,17+/m1/s1. The lowest BCUT2D eigenvalue weighted by atomic mass is 10.1. The van der Waals surface area contributed by atoms with Gasteiger partial charge in [0.15, 0.2) is 9.84 Å². The number of ether oxygens (including phenoxy) is 1.